The topological polar surface area (TPSA) is 63.1 Å². The number of allylic oxidation sites excluding steroid dienone is 2. The molecule has 4 rings (SSSR count). The SMILES string of the molecule is CC(=O)/C=C(/C)O.[CH2-]c1ccccc1-c1ccccn1.[Ir].[c-]1ccccc1-c1ccccn1. The van der Waals surface area contributed by atoms with Gasteiger partial charge in [-0.15, -0.1) is 53.6 Å². The van der Waals surface area contributed by atoms with Crippen molar-refractivity contribution in [3.8, 4) is 22.5 Å². The minimum Gasteiger partial charge on any atom is -0.512 e. The molecule has 0 fully saturated rings. The van der Waals surface area contributed by atoms with E-state index in [1.165, 1.54) is 19.9 Å². The van der Waals surface area contributed by atoms with E-state index < -0.39 is 0 Å². The third-order valence-corrected chi connectivity index (χ3v) is 4.02. The number of nitrogens with zero attached hydrogens (tertiary/aromatic N) is 2. The van der Waals surface area contributed by atoms with Gasteiger partial charge in [0.25, 0.3) is 0 Å². The molecule has 0 unspecified atom stereocenters. The summed E-state index contributed by atoms with van der Waals surface area (Å²) in [5.41, 5.74) is 5.11. The fourth-order valence-corrected chi connectivity index (χ4v) is 2.66. The average molecular weight is 615 g/mol. The van der Waals surface area contributed by atoms with Crippen LogP contribution in [0, 0.1) is 13.0 Å². The van der Waals surface area contributed by atoms with Crippen LogP contribution in [0.4, 0.5) is 0 Å². The Morgan fingerprint density at radius 3 is 1.88 bits per heavy atom. The normalized spacial score (nSPS) is 9.82. The monoisotopic (exact) mass is 615 g/mol. The van der Waals surface area contributed by atoms with E-state index in [0.29, 0.717) is 0 Å². The zero-order valence-corrected chi connectivity index (χ0v) is 21.0. The molecule has 0 saturated carbocycles. The molecule has 0 aliphatic rings. The molecule has 0 spiro atoms. The molecular formula is C28H26IrN2O2-2. The number of aliphatic hydroxyl groups is 1. The second-order valence-corrected chi connectivity index (χ2v) is 6.76. The largest absolute Gasteiger partial charge is 0.512 e. The average Bonchev–Trinajstić information content (AvgIpc) is 2.81. The van der Waals surface area contributed by atoms with Gasteiger partial charge in [-0.25, -0.2) is 0 Å². The maximum atomic E-state index is 10.0. The van der Waals surface area contributed by atoms with Gasteiger partial charge in [0.2, 0.25) is 0 Å². The van der Waals surface area contributed by atoms with Gasteiger partial charge < -0.3 is 10.1 Å². The quantitative estimate of drug-likeness (QED) is 0.162. The van der Waals surface area contributed by atoms with Gasteiger partial charge in [0.1, 0.15) is 0 Å². The molecule has 1 radical (unpaired) electrons. The number of aliphatic hydroxyl groups excluding tert-OH is 1. The smallest absolute Gasteiger partial charge is 0.155 e. The maximum absolute atomic E-state index is 10.0. The molecule has 2 heterocycles. The Bertz CT molecular complexity index is 1070. The summed E-state index contributed by atoms with van der Waals surface area (Å²) in [5, 5.41) is 8.36. The molecule has 0 amide bonds. The minimum absolute atomic E-state index is 0. The molecule has 0 bridgehead atoms. The van der Waals surface area contributed by atoms with Crippen LogP contribution in [0.1, 0.15) is 19.4 Å². The summed E-state index contributed by atoms with van der Waals surface area (Å²) in [7, 11) is 0. The zero-order chi connectivity index (χ0) is 23.2. The van der Waals surface area contributed by atoms with Crippen molar-refractivity contribution in [3.05, 3.63) is 128 Å². The third kappa shape index (κ3) is 10.6. The molecule has 0 aliphatic heterocycles. The van der Waals surface area contributed by atoms with E-state index in [9.17, 15) is 4.79 Å². The Kier molecular flexibility index (Phi) is 12.8. The summed E-state index contributed by atoms with van der Waals surface area (Å²) in [6.07, 6.45) is 4.75. The van der Waals surface area contributed by atoms with Crippen molar-refractivity contribution in [2.45, 2.75) is 13.8 Å². The van der Waals surface area contributed by atoms with Crippen LogP contribution < -0.4 is 0 Å². The Hall–Kier alpha value is -3.53. The van der Waals surface area contributed by atoms with Gasteiger partial charge in [0, 0.05) is 44.3 Å². The number of hydrogen-bond acceptors (Lipinski definition) is 4. The minimum atomic E-state index is -0.125. The van der Waals surface area contributed by atoms with Crippen LogP contribution in [0.15, 0.2) is 109 Å². The van der Waals surface area contributed by atoms with Gasteiger partial charge in [-0.3, -0.25) is 9.78 Å². The van der Waals surface area contributed by atoms with E-state index in [0.717, 1.165) is 28.1 Å². The van der Waals surface area contributed by atoms with E-state index in [1.807, 2.05) is 84.9 Å². The molecule has 1 N–H and O–H groups in total. The van der Waals surface area contributed by atoms with E-state index in [1.54, 1.807) is 12.4 Å². The predicted molar refractivity (Wildman–Crippen MR) is 130 cm³/mol. The van der Waals surface area contributed by atoms with Gasteiger partial charge in [-0.2, -0.15) is 18.6 Å². The van der Waals surface area contributed by atoms with Crippen LogP contribution in [0.25, 0.3) is 22.5 Å². The van der Waals surface area contributed by atoms with Crippen molar-refractivity contribution in [1.29, 1.82) is 0 Å². The fourth-order valence-electron chi connectivity index (χ4n) is 2.66. The third-order valence-electron chi connectivity index (χ3n) is 4.02. The van der Waals surface area contributed by atoms with Crippen LogP contribution in [-0.2, 0) is 24.9 Å². The van der Waals surface area contributed by atoms with Crippen LogP contribution in [-0.4, -0.2) is 20.9 Å². The van der Waals surface area contributed by atoms with E-state index in [-0.39, 0.29) is 31.6 Å². The molecular weight excluding hydrogens is 589 g/mol. The second kappa shape index (κ2) is 15.3. The summed E-state index contributed by atoms with van der Waals surface area (Å²) < 4.78 is 0. The van der Waals surface area contributed by atoms with Crippen molar-refractivity contribution in [3.63, 3.8) is 0 Å². The first-order valence-electron chi connectivity index (χ1n) is 10.1. The molecule has 5 heteroatoms. The maximum Gasteiger partial charge on any atom is 0.155 e. The van der Waals surface area contributed by atoms with Crippen LogP contribution in [0.3, 0.4) is 0 Å². The molecule has 4 aromatic rings. The zero-order valence-electron chi connectivity index (χ0n) is 18.6. The number of pyridine rings is 2. The van der Waals surface area contributed by atoms with Crippen LogP contribution in [0.5, 0.6) is 0 Å². The van der Waals surface area contributed by atoms with Gasteiger partial charge >= 0.3 is 0 Å². The molecule has 0 aliphatic carbocycles. The van der Waals surface area contributed by atoms with Crippen LogP contribution >= 0.6 is 0 Å². The van der Waals surface area contributed by atoms with E-state index in [4.69, 9.17) is 5.11 Å². The van der Waals surface area contributed by atoms with Gasteiger partial charge in [-0.05, 0) is 37.7 Å². The van der Waals surface area contributed by atoms with Crippen molar-refractivity contribution in [2.24, 2.45) is 0 Å². The Labute approximate surface area is 209 Å². The summed E-state index contributed by atoms with van der Waals surface area (Å²) in [5.74, 6) is -0.0625. The van der Waals surface area contributed by atoms with Crippen molar-refractivity contribution in [1.82, 2.24) is 9.97 Å². The molecule has 2 aromatic heterocycles. The number of ketones is 1. The number of hydrogen-bond donors (Lipinski definition) is 1. The van der Waals surface area contributed by atoms with Gasteiger partial charge in [0.05, 0.1) is 5.76 Å². The standard InChI is InChI=1S/C12H10N.C11H8N.C5H8O2.Ir/c1-10-6-2-3-7-11(10)12-8-4-5-9-13-12;1-2-6-10(7-3-1)11-8-4-5-9-12-11;1-4(6)3-5(2)7;/h2-9H,1H2;1-6,8-9H;3,6H,1-2H3;/q2*-1;;/b;;4-3-;. The van der Waals surface area contributed by atoms with E-state index >= 15 is 0 Å². The second-order valence-electron chi connectivity index (χ2n) is 6.76. The molecule has 33 heavy (non-hydrogen) atoms. The van der Waals surface area contributed by atoms with E-state index in [2.05, 4.69) is 23.0 Å². The van der Waals surface area contributed by atoms with Gasteiger partial charge in [0.15, 0.2) is 5.78 Å². The van der Waals surface area contributed by atoms with Gasteiger partial charge in [-0.1, -0.05) is 24.3 Å². The number of aromatic nitrogens is 2. The van der Waals surface area contributed by atoms with Crippen molar-refractivity contribution >= 4 is 5.78 Å². The first kappa shape index (κ1) is 27.5. The number of rotatable bonds is 3. The van der Waals surface area contributed by atoms with Crippen molar-refractivity contribution in [2.75, 3.05) is 0 Å². The predicted octanol–water partition coefficient (Wildman–Crippen LogP) is 6.51. The number of carbonyl (C=O) groups excluding carboxylic acids is 1. The molecule has 0 atom stereocenters. The fraction of sp³-hybridized carbons (Fsp3) is 0.0714. The van der Waals surface area contributed by atoms with Crippen LogP contribution in [0.2, 0.25) is 0 Å². The summed E-state index contributed by atoms with van der Waals surface area (Å²) in [4.78, 5) is 18.5. The Morgan fingerprint density at radius 1 is 0.848 bits per heavy atom. The van der Waals surface area contributed by atoms with Crippen molar-refractivity contribution < 1.29 is 30.0 Å². The molecule has 4 nitrogen and oxygen atoms in total. The number of carbonyl (C=O) groups is 1. The molecule has 2 aromatic carbocycles. The Morgan fingerprint density at radius 2 is 1.42 bits per heavy atom. The first-order valence-corrected chi connectivity index (χ1v) is 10.1. The Balaban J connectivity index is 0.000000256. The first-order chi connectivity index (χ1) is 15.5. The number of benzene rings is 2. The summed E-state index contributed by atoms with van der Waals surface area (Å²) in [6, 6.07) is 30.7. The summed E-state index contributed by atoms with van der Waals surface area (Å²) in [6.45, 7) is 6.81. The molecule has 171 valence electrons. The molecule has 0 saturated heterocycles. The summed E-state index contributed by atoms with van der Waals surface area (Å²) >= 11 is 0.